The maximum absolute atomic E-state index is 12.4. The topological polar surface area (TPSA) is 39.2 Å². The van der Waals surface area contributed by atoms with E-state index in [-0.39, 0.29) is 11.3 Å². The number of aromatic nitrogens is 1. The molecule has 0 aliphatic carbocycles. The van der Waals surface area contributed by atoms with Crippen LogP contribution in [0, 0.1) is 0 Å². The van der Waals surface area contributed by atoms with E-state index in [4.69, 9.17) is 16.3 Å². The lowest BCUT2D eigenvalue weighted by molar-refractivity contribution is -0.141. The molecule has 1 aromatic carbocycles. The number of carbonyl (C=O) groups is 1. The number of alkyl halides is 3. The van der Waals surface area contributed by atoms with Crippen LogP contribution in [-0.4, -0.2) is 11.0 Å². The number of hydrogen-bond donors (Lipinski definition) is 0. The van der Waals surface area contributed by atoms with Crippen LogP contribution >= 0.6 is 27.5 Å². The normalized spacial score (nSPS) is 11.3. The van der Waals surface area contributed by atoms with Gasteiger partial charge in [0.2, 0.25) is 0 Å². The minimum Gasteiger partial charge on any atom is -0.422 e. The molecular formula is C13H6BrClF3NO2. The number of carbonyl (C=O) groups excluding carboxylic acids is 1. The van der Waals surface area contributed by atoms with Crippen molar-refractivity contribution >= 4 is 33.5 Å². The fourth-order valence-corrected chi connectivity index (χ4v) is 2.16. The highest BCUT2D eigenvalue weighted by Crippen LogP contribution is 2.29. The molecule has 0 atom stereocenters. The van der Waals surface area contributed by atoms with Crippen LogP contribution in [0.25, 0.3) is 0 Å². The number of ether oxygens (including phenoxy) is 1. The summed E-state index contributed by atoms with van der Waals surface area (Å²) in [6.07, 6.45) is -3.74. The smallest absolute Gasteiger partial charge is 0.422 e. The lowest BCUT2D eigenvalue weighted by Crippen LogP contribution is -2.12. The third-order valence-corrected chi connectivity index (χ3v) is 3.24. The van der Waals surface area contributed by atoms with Crippen LogP contribution in [-0.2, 0) is 6.18 Å². The molecule has 0 bridgehead atoms. The van der Waals surface area contributed by atoms with Crippen molar-refractivity contribution in [3.63, 3.8) is 0 Å². The van der Waals surface area contributed by atoms with Gasteiger partial charge >= 0.3 is 12.1 Å². The Morgan fingerprint density at radius 1 is 1.24 bits per heavy atom. The first-order valence-corrected chi connectivity index (χ1v) is 6.65. The molecule has 0 N–H and O–H groups in total. The molecule has 2 rings (SSSR count). The van der Waals surface area contributed by atoms with Crippen LogP contribution in [0.5, 0.6) is 5.75 Å². The second-order valence-electron chi connectivity index (χ2n) is 3.89. The predicted molar refractivity (Wildman–Crippen MR) is 73.3 cm³/mol. The molecule has 0 spiro atoms. The van der Waals surface area contributed by atoms with E-state index < -0.39 is 17.8 Å². The van der Waals surface area contributed by atoms with Gasteiger partial charge in [-0.2, -0.15) is 13.2 Å². The van der Waals surface area contributed by atoms with Crippen molar-refractivity contribution < 1.29 is 22.7 Å². The van der Waals surface area contributed by atoms with E-state index in [0.717, 1.165) is 12.3 Å². The third-order valence-electron chi connectivity index (χ3n) is 2.39. The van der Waals surface area contributed by atoms with E-state index in [1.807, 2.05) is 0 Å². The maximum Gasteiger partial charge on any atom is 0.433 e. The number of hydrogen-bond acceptors (Lipinski definition) is 3. The van der Waals surface area contributed by atoms with Crippen molar-refractivity contribution in [2.75, 3.05) is 0 Å². The number of nitrogens with zero attached hydrogens (tertiary/aromatic N) is 1. The zero-order valence-electron chi connectivity index (χ0n) is 10.1. The number of rotatable bonds is 2. The molecule has 0 aliphatic rings. The molecule has 3 nitrogen and oxygen atoms in total. The SMILES string of the molecule is O=C(Oc1ccc(Cl)cc1Br)c1ccc(C(F)(F)F)nc1. The molecule has 8 heteroatoms. The molecule has 0 fully saturated rings. The van der Waals surface area contributed by atoms with Gasteiger partial charge in [0.05, 0.1) is 10.0 Å². The second-order valence-corrected chi connectivity index (χ2v) is 5.18. The van der Waals surface area contributed by atoms with E-state index in [9.17, 15) is 18.0 Å². The minimum atomic E-state index is -4.55. The monoisotopic (exact) mass is 379 g/mol. The van der Waals surface area contributed by atoms with Crippen LogP contribution in [0.2, 0.25) is 5.02 Å². The molecule has 0 unspecified atom stereocenters. The highest BCUT2D eigenvalue weighted by Gasteiger charge is 2.32. The van der Waals surface area contributed by atoms with Gasteiger partial charge in [-0.1, -0.05) is 11.6 Å². The van der Waals surface area contributed by atoms with Crippen molar-refractivity contribution in [2.45, 2.75) is 6.18 Å². The Kier molecular flexibility index (Phi) is 4.53. The molecule has 2 aromatic rings. The summed E-state index contributed by atoms with van der Waals surface area (Å²) < 4.78 is 42.6. The first-order chi connectivity index (χ1) is 9.77. The van der Waals surface area contributed by atoms with Gasteiger partial charge in [-0.05, 0) is 46.3 Å². The van der Waals surface area contributed by atoms with Gasteiger partial charge in [0.15, 0.2) is 0 Å². The Labute approximate surface area is 130 Å². The summed E-state index contributed by atoms with van der Waals surface area (Å²) in [5.74, 6) is -0.622. The Balaban J connectivity index is 2.17. The van der Waals surface area contributed by atoms with Crippen LogP contribution in [0.1, 0.15) is 16.1 Å². The summed E-state index contributed by atoms with van der Waals surface area (Å²) in [5, 5.41) is 0.442. The minimum absolute atomic E-state index is 0.0927. The molecule has 1 heterocycles. The quantitative estimate of drug-likeness (QED) is 0.558. The van der Waals surface area contributed by atoms with Gasteiger partial charge in [0, 0.05) is 11.2 Å². The lowest BCUT2D eigenvalue weighted by Gasteiger charge is -2.08. The van der Waals surface area contributed by atoms with Crippen molar-refractivity contribution in [2.24, 2.45) is 0 Å². The molecule has 21 heavy (non-hydrogen) atoms. The highest BCUT2D eigenvalue weighted by atomic mass is 79.9. The van der Waals surface area contributed by atoms with Crippen molar-refractivity contribution in [1.82, 2.24) is 4.98 Å². The van der Waals surface area contributed by atoms with E-state index in [2.05, 4.69) is 20.9 Å². The number of benzene rings is 1. The van der Waals surface area contributed by atoms with Gasteiger partial charge in [-0.25, -0.2) is 4.79 Å². The van der Waals surface area contributed by atoms with Gasteiger partial charge in [-0.3, -0.25) is 4.98 Å². The first kappa shape index (κ1) is 15.8. The average Bonchev–Trinajstić information content (AvgIpc) is 2.41. The summed E-state index contributed by atoms with van der Waals surface area (Å²) in [6, 6.07) is 6.21. The summed E-state index contributed by atoms with van der Waals surface area (Å²) in [4.78, 5) is 15.0. The molecule has 0 radical (unpaired) electrons. The molecule has 0 saturated carbocycles. The Hall–Kier alpha value is -1.60. The largest absolute Gasteiger partial charge is 0.433 e. The van der Waals surface area contributed by atoms with Crippen molar-refractivity contribution in [1.29, 1.82) is 0 Å². The molecule has 0 amide bonds. The van der Waals surface area contributed by atoms with Crippen LogP contribution < -0.4 is 4.74 Å². The van der Waals surface area contributed by atoms with Crippen LogP contribution in [0.15, 0.2) is 41.0 Å². The van der Waals surface area contributed by atoms with Crippen molar-refractivity contribution in [3.05, 3.63) is 57.3 Å². The van der Waals surface area contributed by atoms with E-state index in [1.165, 1.54) is 18.2 Å². The van der Waals surface area contributed by atoms with E-state index in [0.29, 0.717) is 15.6 Å². The molecule has 0 aliphatic heterocycles. The molecular weight excluding hydrogens is 374 g/mol. The Morgan fingerprint density at radius 2 is 1.95 bits per heavy atom. The average molecular weight is 381 g/mol. The van der Waals surface area contributed by atoms with Gasteiger partial charge in [0.25, 0.3) is 0 Å². The summed E-state index contributed by atoms with van der Waals surface area (Å²) in [7, 11) is 0. The zero-order valence-corrected chi connectivity index (χ0v) is 12.5. The van der Waals surface area contributed by atoms with Gasteiger partial charge < -0.3 is 4.74 Å². The summed E-state index contributed by atoms with van der Waals surface area (Å²) >= 11 is 8.90. The fraction of sp³-hybridized carbons (Fsp3) is 0.0769. The Morgan fingerprint density at radius 3 is 2.48 bits per heavy atom. The zero-order chi connectivity index (χ0) is 15.6. The first-order valence-electron chi connectivity index (χ1n) is 5.48. The van der Waals surface area contributed by atoms with E-state index >= 15 is 0 Å². The molecule has 1 aromatic heterocycles. The van der Waals surface area contributed by atoms with Gasteiger partial charge in [-0.15, -0.1) is 0 Å². The van der Waals surface area contributed by atoms with Gasteiger partial charge in [0.1, 0.15) is 11.4 Å². The molecule has 110 valence electrons. The third kappa shape index (κ3) is 3.95. The van der Waals surface area contributed by atoms with Crippen LogP contribution in [0.3, 0.4) is 0 Å². The Bertz CT molecular complexity index is 674. The summed E-state index contributed by atoms with van der Waals surface area (Å²) in [6.45, 7) is 0. The second kappa shape index (κ2) is 6.03. The fourth-order valence-electron chi connectivity index (χ4n) is 1.40. The maximum atomic E-state index is 12.4. The lowest BCUT2D eigenvalue weighted by atomic mass is 10.2. The standard InChI is InChI=1S/C13H6BrClF3NO2/c14-9-5-8(15)2-3-10(9)21-12(20)7-1-4-11(19-6-7)13(16,17)18/h1-6H. The highest BCUT2D eigenvalue weighted by molar-refractivity contribution is 9.10. The van der Waals surface area contributed by atoms with Crippen LogP contribution in [0.4, 0.5) is 13.2 Å². The number of esters is 1. The van der Waals surface area contributed by atoms with E-state index in [1.54, 1.807) is 0 Å². The number of halogens is 5. The molecule has 0 saturated heterocycles. The van der Waals surface area contributed by atoms with Crippen molar-refractivity contribution in [3.8, 4) is 5.75 Å². The predicted octanol–water partition coefficient (Wildman–Crippen LogP) is 4.74. The summed E-state index contributed by atoms with van der Waals surface area (Å²) in [5.41, 5.74) is -1.17. The number of pyridine rings is 1.